The molecule has 106 valence electrons. The van der Waals surface area contributed by atoms with Crippen LogP contribution < -0.4 is 11.1 Å². The lowest BCUT2D eigenvalue weighted by atomic mass is 10.00. The Balaban J connectivity index is 1.80. The van der Waals surface area contributed by atoms with E-state index >= 15 is 0 Å². The van der Waals surface area contributed by atoms with Crippen LogP contribution in [0.3, 0.4) is 0 Å². The SMILES string of the molecule is CCC1OCCC1CNc1nc(N)nc2ccccc12. The van der Waals surface area contributed by atoms with Crippen molar-refractivity contribution >= 4 is 22.7 Å². The molecule has 0 saturated carbocycles. The first-order valence-corrected chi connectivity index (χ1v) is 7.15. The third kappa shape index (κ3) is 2.54. The van der Waals surface area contributed by atoms with Crippen LogP contribution in [0.5, 0.6) is 0 Å². The van der Waals surface area contributed by atoms with E-state index in [1.54, 1.807) is 0 Å². The first kappa shape index (κ1) is 13.1. The number of fused-ring (bicyclic) bond motifs is 1. The summed E-state index contributed by atoms with van der Waals surface area (Å²) >= 11 is 0. The second-order valence-corrected chi connectivity index (χ2v) is 5.19. The van der Waals surface area contributed by atoms with Gasteiger partial charge in [0.15, 0.2) is 0 Å². The Morgan fingerprint density at radius 1 is 1.35 bits per heavy atom. The second kappa shape index (κ2) is 5.63. The summed E-state index contributed by atoms with van der Waals surface area (Å²) < 4.78 is 5.72. The molecule has 1 aliphatic rings. The van der Waals surface area contributed by atoms with Crippen molar-refractivity contribution in [2.24, 2.45) is 5.92 Å². The number of nitrogen functional groups attached to an aromatic ring is 1. The number of nitrogens with zero attached hydrogens (tertiary/aromatic N) is 2. The Morgan fingerprint density at radius 3 is 3.05 bits per heavy atom. The maximum atomic E-state index is 5.77. The third-order valence-corrected chi connectivity index (χ3v) is 3.90. The van der Waals surface area contributed by atoms with Crippen LogP contribution in [0.4, 0.5) is 11.8 Å². The number of aromatic nitrogens is 2. The van der Waals surface area contributed by atoms with Crippen LogP contribution in [0, 0.1) is 5.92 Å². The molecule has 0 aliphatic carbocycles. The van der Waals surface area contributed by atoms with E-state index in [9.17, 15) is 0 Å². The molecule has 0 spiro atoms. The molecule has 5 heteroatoms. The summed E-state index contributed by atoms with van der Waals surface area (Å²) in [6.07, 6.45) is 2.51. The van der Waals surface area contributed by atoms with E-state index in [4.69, 9.17) is 10.5 Å². The van der Waals surface area contributed by atoms with Gasteiger partial charge >= 0.3 is 0 Å². The molecule has 1 saturated heterocycles. The number of anilines is 2. The van der Waals surface area contributed by atoms with Crippen molar-refractivity contribution in [2.45, 2.75) is 25.9 Å². The summed E-state index contributed by atoms with van der Waals surface area (Å²) in [5.74, 6) is 1.66. The summed E-state index contributed by atoms with van der Waals surface area (Å²) in [6.45, 7) is 3.89. The molecule has 1 fully saturated rings. The molecule has 1 aliphatic heterocycles. The van der Waals surface area contributed by atoms with Gasteiger partial charge in [0.2, 0.25) is 5.95 Å². The number of nitrogens with two attached hydrogens (primary N) is 1. The maximum absolute atomic E-state index is 5.77. The van der Waals surface area contributed by atoms with Gasteiger partial charge in [-0.2, -0.15) is 4.98 Å². The molecule has 20 heavy (non-hydrogen) atoms. The Labute approximate surface area is 118 Å². The molecule has 0 bridgehead atoms. The van der Waals surface area contributed by atoms with Crippen LogP contribution in [-0.4, -0.2) is 29.2 Å². The number of hydrogen-bond acceptors (Lipinski definition) is 5. The minimum absolute atomic E-state index is 0.306. The van der Waals surface area contributed by atoms with Gasteiger partial charge in [-0.15, -0.1) is 0 Å². The van der Waals surface area contributed by atoms with Crippen LogP contribution in [0.15, 0.2) is 24.3 Å². The van der Waals surface area contributed by atoms with Gasteiger partial charge in [0.1, 0.15) is 5.82 Å². The van der Waals surface area contributed by atoms with Gasteiger partial charge in [-0.05, 0) is 25.0 Å². The van der Waals surface area contributed by atoms with Gasteiger partial charge in [-0.3, -0.25) is 0 Å². The van der Waals surface area contributed by atoms with Crippen LogP contribution in [0.25, 0.3) is 10.9 Å². The van der Waals surface area contributed by atoms with E-state index < -0.39 is 0 Å². The highest BCUT2D eigenvalue weighted by Gasteiger charge is 2.26. The fourth-order valence-corrected chi connectivity index (χ4v) is 2.83. The average molecular weight is 272 g/mol. The summed E-state index contributed by atoms with van der Waals surface area (Å²) in [5, 5.41) is 4.43. The Bertz CT molecular complexity index is 601. The summed E-state index contributed by atoms with van der Waals surface area (Å²) in [7, 11) is 0. The monoisotopic (exact) mass is 272 g/mol. The zero-order valence-corrected chi connectivity index (χ0v) is 11.7. The molecule has 3 rings (SSSR count). The molecule has 3 N–H and O–H groups in total. The lowest BCUT2D eigenvalue weighted by molar-refractivity contribution is 0.0900. The number of ether oxygens (including phenoxy) is 1. The molecular weight excluding hydrogens is 252 g/mol. The lowest BCUT2D eigenvalue weighted by Crippen LogP contribution is -2.23. The molecule has 1 aromatic heterocycles. The predicted molar refractivity (Wildman–Crippen MR) is 80.6 cm³/mol. The van der Waals surface area contributed by atoms with Crippen LogP contribution in [0.1, 0.15) is 19.8 Å². The minimum atomic E-state index is 0.306. The number of hydrogen-bond donors (Lipinski definition) is 2. The smallest absolute Gasteiger partial charge is 0.222 e. The van der Waals surface area contributed by atoms with E-state index in [0.29, 0.717) is 18.0 Å². The summed E-state index contributed by atoms with van der Waals surface area (Å²) in [6, 6.07) is 7.91. The highest BCUT2D eigenvalue weighted by Crippen LogP contribution is 2.25. The highest BCUT2D eigenvalue weighted by molar-refractivity contribution is 5.89. The minimum Gasteiger partial charge on any atom is -0.378 e. The fourth-order valence-electron chi connectivity index (χ4n) is 2.83. The van der Waals surface area contributed by atoms with Gasteiger partial charge in [-0.25, -0.2) is 4.98 Å². The zero-order valence-electron chi connectivity index (χ0n) is 11.7. The van der Waals surface area contributed by atoms with Crippen molar-refractivity contribution in [3.63, 3.8) is 0 Å². The summed E-state index contributed by atoms with van der Waals surface area (Å²) in [5.41, 5.74) is 6.65. The standard InChI is InChI=1S/C15H20N4O/c1-2-13-10(7-8-20-13)9-17-14-11-5-3-4-6-12(11)18-15(16)19-14/h3-6,10,13H,2,7-9H2,1H3,(H3,16,17,18,19). The van der Waals surface area contributed by atoms with Crippen molar-refractivity contribution in [3.05, 3.63) is 24.3 Å². The lowest BCUT2D eigenvalue weighted by Gasteiger charge is -2.18. The van der Waals surface area contributed by atoms with Gasteiger partial charge in [-0.1, -0.05) is 19.1 Å². The van der Waals surface area contributed by atoms with Crippen molar-refractivity contribution in [1.29, 1.82) is 0 Å². The largest absolute Gasteiger partial charge is 0.378 e. The first-order valence-electron chi connectivity index (χ1n) is 7.15. The molecule has 0 radical (unpaired) electrons. The van der Waals surface area contributed by atoms with Gasteiger partial charge in [0, 0.05) is 24.5 Å². The molecular formula is C15H20N4O. The van der Waals surface area contributed by atoms with E-state index in [1.165, 1.54) is 0 Å². The normalized spacial score (nSPS) is 22.2. The van der Waals surface area contributed by atoms with E-state index in [1.807, 2.05) is 24.3 Å². The van der Waals surface area contributed by atoms with E-state index in [2.05, 4.69) is 22.2 Å². The zero-order chi connectivity index (χ0) is 13.9. The van der Waals surface area contributed by atoms with Crippen LogP contribution in [-0.2, 0) is 4.74 Å². The van der Waals surface area contributed by atoms with E-state index in [-0.39, 0.29) is 0 Å². The van der Waals surface area contributed by atoms with Gasteiger partial charge < -0.3 is 15.8 Å². The van der Waals surface area contributed by atoms with Crippen LogP contribution in [0.2, 0.25) is 0 Å². The summed E-state index contributed by atoms with van der Waals surface area (Å²) in [4.78, 5) is 8.58. The van der Waals surface area contributed by atoms with Crippen molar-refractivity contribution in [1.82, 2.24) is 9.97 Å². The van der Waals surface area contributed by atoms with E-state index in [0.717, 1.165) is 42.7 Å². The molecule has 2 heterocycles. The average Bonchev–Trinajstić information content (AvgIpc) is 2.92. The predicted octanol–water partition coefficient (Wildman–Crippen LogP) is 2.44. The fraction of sp³-hybridized carbons (Fsp3) is 0.467. The number of nitrogens with one attached hydrogen (secondary N) is 1. The Kier molecular flexibility index (Phi) is 3.69. The number of rotatable bonds is 4. The quantitative estimate of drug-likeness (QED) is 0.894. The number of benzene rings is 1. The highest BCUT2D eigenvalue weighted by atomic mass is 16.5. The van der Waals surface area contributed by atoms with Crippen molar-refractivity contribution in [2.75, 3.05) is 24.2 Å². The topological polar surface area (TPSA) is 73.1 Å². The van der Waals surface area contributed by atoms with Crippen molar-refractivity contribution < 1.29 is 4.74 Å². The van der Waals surface area contributed by atoms with Gasteiger partial charge in [0.05, 0.1) is 11.6 Å². The second-order valence-electron chi connectivity index (χ2n) is 5.19. The molecule has 5 nitrogen and oxygen atoms in total. The first-order chi connectivity index (χ1) is 9.78. The van der Waals surface area contributed by atoms with Crippen LogP contribution >= 0.6 is 0 Å². The molecule has 2 atom stereocenters. The molecule has 2 unspecified atom stereocenters. The Hall–Kier alpha value is -1.88. The molecule has 0 amide bonds. The Morgan fingerprint density at radius 2 is 2.20 bits per heavy atom. The maximum Gasteiger partial charge on any atom is 0.222 e. The molecule has 2 aromatic rings. The third-order valence-electron chi connectivity index (χ3n) is 3.90. The molecule has 1 aromatic carbocycles. The number of para-hydroxylation sites is 1. The van der Waals surface area contributed by atoms with Crippen molar-refractivity contribution in [3.8, 4) is 0 Å². The van der Waals surface area contributed by atoms with Gasteiger partial charge in [0.25, 0.3) is 0 Å².